The number of hydrogen-bond donors (Lipinski definition) is 0. The molecule has 0 aromatic carbocycles. The van der Waals surface area contributed by atoms with Crippen LogP contribution in [0, 0.1) is 13.8 Å². The van der Waals surface area contributed by atoms with Gasteiger partial charge in [-0.3, -0.25) is 0 Å². The molecule has 2 aliphatic rings. The smallest absolute Gasteiger partial charge is 0.176 e. The monoisotopic (exact) mass is 376 g/mol. The van der Waals surface area contributed by atoms with Gasteiger partial charge in [0.2, 0.25) is 0 Å². The van der Waals surface area contributed by atoms with Crippen LogP contribution in [0.1, 0.15) is 35.8 Å². The number of rotatable bonds is 4. The maximum atomic E-state index is 4.49. The van der Waals surface area contributed by atoms with E-state index >= 15 is 0 Å². The molecule has 3 aromatic heterocycles. The Morgan fingerprint density at radius 3 is 2.11 bits per heavy atom. The molecule has 0 N–H and O–H groups in total. The maximum absolute atomic E-state index is 4.49. The molecule has 0 bridgehead atoms. The van der Waals surface area contributed by atoms with Crippen molar-refractivity contribution in [3.05, 3.63) is 47.7 Å². The van der Waals surface area contributed by atoms with E-state index in [0.717, 1.165) is 55.0 Å². The summed E-state index contributed by atoms with van der Waals surface area (Å²) in [6, 6.07) is 8.22. The quantitative estimate of drug-likeness (QED) is 0.691. The largest absolute Gasteiger partial charge is 0.353 e. The molecule has 2 fully saturated rings. The Kier molecular flexibility index (Phi) is 4.18. The first-order chi connectivity index (χ1) is 13.7. The van der Waals surface area contributed by atoms with Crippen molar-refractivity contribution in [3.8, 4) is 5.82 Å². The SMILES string of the molecule is Cc1cc(C)n(-c2ccc(N3CCN(c4cc(C5CC5)ncn4)CC3)nn2)n1. The summed E-state index contributed by atoms with van der Waals surface area (Å²) in [6.45, 7) is 7.64. The standard InChI is InChI=1S/C20H24N8/c1-14-11-15(2)28(25-14)19-6-5-18(23-24-19)26-7-9-27(10-8-26)20-12-17(16-3-4-16)21-13-22-20/h5-6,11-13,16H,3-4,7-10H2,1-2H3. The van der Waals surface area contributed by atoms with Gasteiger partial charge in [-0.05, 0) is 44.9 Å². The zero-order valence-electron chi connectivity index (χ0n) is 16.3. The molecule has 8 nitrogen and oxygen atoms in total. The highest BCUT2D eigenvalue weighted by Crippen LogP contribution is 2.39. The van der Waals surface area contributed by atoms with Crippen LogP contribution in [0.15, 0.2) is 30.6 Å². The van der Waals surface area contributed by atoms with Crippen molar-refractivity contribution >= 4 is 11.6 Å². The van der Waals surface area contributed by atoms with Crippen LogP contribution in [0.25, 0.3) is 5.82 Å². The molecule has 8 heteroatoms. The van der Waals surface area contributed by atoms with Gasteiger partial charge in [-0.25, -0.2) is 14.6 Å². The lowest BCUT2D eigenvalue weighted by atomic mass is 10.2. The second-order valence-electron chi connectivity index (χ2n) is 7.64. The van der Waals surface area contributed by atoms with Crippen LogP contribution in [0.3, 0.4) is 0 Å². The number of hydrogen-bond acceptors (Lipinski definition) is 7. The van der Waals surface area contributed by atoms with Crippen LogP contribution in [0.4, 0.5) is 11.6 Å². The summed E-state index contributed by atoms with van der Waals surface area (Å²) in [5, 5.41) is 13.3. The van der Waals surface area contributed by atoms with Crippen molar-refractivity contribution in [3.63, 3.8) is 0 Å². The summed E-state index contributed by atoms with van der Waals surface area (Å²) in [6.07, 6.45) is 4.23. The highest BCUT2D eigenvalue weighted by Gasteiger charge is 2.26. The molecule has 0 amide bonds. The van der Waals surface area contributed by atoms with Crippen LogP contribution in [0.2, 0.25) is 0 Å². The summed E-state index contributed by atoms with van der Waals surface area (Å²) in [7, 11) is 0. The summed E-state index contributed by atoms with van der Waals surface area (Å²) >= 11 is 0. The third-order valence-electron chi connectivity index (χ3n) is 5.46. The van der Waals surface area contributed by atoms with E-state index in [1.165, 1.54) is 18.5 Å². The average Bonchev–Trinajstić information content (AvgIpc) is 3.53. The zero-order valence-corrected chi connectivity index (χ0v) is 16.3. The molecule has 3 aromatic rings. The Morgan fingerprint density at radius 1 is 0.821 bits per heavy atom. The number of aryl methyl sites for hydroxylation is 2. The van der Waals surface area contributed by atoms with E-state index in [1.54, 1.807) is 6.33 Å². The Morgan fingerprint density at radius 2 is 1.50 bits per heavy atom. The van der Waals surface area contributed by atoms with Gasteiger partial charge in [-0.1, -0.05) is 0 Å². The van der Waals surface area contributed by atoms with Gasteiger partial charge in [0.1, 0.15) is 12.1 Å². The number of aromatic nitrogens is 6. The molecule has 1 saturated carbocycles. The lowest BCUT2D eigenvalue weighted by Gasteiger charge is -2.35. The number of piperazine rings is 1. The fraction of sp³-hybridized carbons (Fsp3) is 0.450. The summed E-state index contributed by atoms with van der Waals surface area (Å²) in [4.78, 5) is 13.5. The van der Waals surface area contributed by atoms with Crippen molar-refractivity contribution in [2.45, 2.75) is 32.6 Å². The third-order valence-corrected chi connectivity index (χ3v) is 5.46. The van der Waals surface area contributed by atoms with Gasteiger partial charge in [0.05, 0.1) is 5.69 Å². The molecule has 1 saturated heterocycles. The van der Waals surface area contributed by atoms with E-state index in [2.05, 4.69) is 41.1 Å². The molecular formula is C20H24N8. The highest BCUT2D eigenvalue weighted by atomic mass is 15.4. The molecule has 0 spiro atoms. The van der Waals surface area contributed by atoms with E-state index < -0.39 is 0 Å². The van der Waals surface area contributed by atoms with Gasteiger partial charge >= 0.3 is 0 Å². The summed E-state index contributed by atoms with van der Waals surface area (Å²) < 4.78 is 1.83. The topological polar surface area (TPSA) is 75.9 Å². The van der Waals surface area contributed by atoms with Gasteiger partial charge in [0.15, 0.2) is 11.6 Å². The molecule has 0 unspecified atom stereocenters. The van der Waals surface area contributed by atoms with E-state index in [9.17, 15) is 0 Å². The van der Waals surface area contributed by atoms with Gasteiger partial charge < -0.3 is 9.80 Å². The molecule has 1 aliphatic carbocycles. The first-order valence-electron chi connectivity index (χ1n) is 9.86. The molecule has 5 rings (SSSR count). The Balaban J connectivity index is 1.25. The lowest BCUT2D eigenvalue weighted by Crippen LogP contribution is -2.47. The molecule has 4 heterocycles. The second kappa shape index (κ2) is 6.85. The molecule has 0 atom stereocenters. The van der Waals surface area contributed by atoms with Gasteiger partial charge in [0.25, 0.3) is 0 Å². The van der Waals surface area contributed by atoms with Crippen LogP contribution < -0.4 is 9.80 Å². The lowest BCUT2D eigenvalue weighted by molar-refractivity contribution is 0.635. The van der Waals surface area contributed by atoms with Crippen molar-refractivity contribution in [1.82, 2.24) is 29.9 Å². The highest BCUT2D eigenvalue weighted by molar-refractivity contribution is 5.46. The van der Waals surface area contributed by atoms with Gasteiger partial charge in [0, 0.05) is 49.6 Å². The van der Waals surface area contributed by atoms with Crippen molar-refractivity contribution in [2.75, 3.05) is 36.0 Å². The molecule has 144 valence electrons. The van der Waals surface area contributed by atoms with E-state index in [0.29, 0.717) is 5.92 Å². The van der Waals surface area contributed by atoms with E-state index in [1.807, 2.05) is 36.7 Å². The molecular weight excluding hydrogens is 352 g/mol. The minimum absolute atomic E-state index is 0.652. The van der Waals surface area contributed by atoms with Crippen molar-refractivity contribution < 1.29 is 0 Å². The van der Waals surface area contributed by atoms with E-state index in [-0.39, 0.29) is 0 Å². The summed E-state index contributed by atoms with van der Waals surface area (Å²) in [5.41, 5.74) is 3.23. The van der Waals surface area contributed by atoms with Crippen LogP contribution in [-0.4, -0.2) is 56.1 Å². The van der Waals surface area contributed by atoms with Crippen LogP contribution in [-0.2, 0) is 0 Å². The van der Waals surface area contributed by atoms with Gasteiger partial charge in [-0.15, -0.1) is 10.2 Å². The summed E-state index contributed by atoms with van der Waals surface area (Å²) in [5.74, 6) is 3.36. The minimum Gasteiger partial charge on any atom is -0.353 e. The second-order valence-corrected chi connectivity index (χ2v) is 7.64. The Hall–Kier alpha value is -3.03. The van der Waals surface area contributed by atoms with E-state index in [4.69, 9.17) is 0 Å². The van der Waals surface area contributed by atoms with Crippen LogP contribution in [0.5, 0.6) is 0 Å². The fourth-order valence-electron chi connectivity index (χ4n) is 3.76. The van der Waals surface area contributed by atoms with Crippen LogP contribution >= 0.6 is 0 Å². The van der Waals surface area contributed by atoms with Gasteiger partial charge in [-0.2, -0.15) is 5.10 Å². The molecule has 0 radical (unpaired) electrons. The molecule has 1 aliphatic heterocycles. The normalized spacial score (nSPS) is 17.2. The maximum Gasteiger partial charge on any atom is 0.176 e. The number of nitrogens with zero attached hydrogens (tertiary/aromatic N) is 8. The fourth-order valence-corrected chi connectivity index (χ4v) is 3.76. The number of anilines is 2. The van der Waals surface area contributed by atoms with Crippen molar-refractivity contribution in [1.29, 1.82) is 0 Å². The first kappa shape index (κ1) is 17.1. The predicted molar refractivity (Wildman–Crippen MR) is 107 cm³/mol. The predicted octanol–water partition coefficient (Wildman–Crippen LogP) is 2.27. The Bertz CT molecular complexity index is 968. The van der Waals surface area contributed by atoms with Crippen molar-refractivity contribution in [2.24, 2.45) is 0 Å². The molecule has 28 heavy (non-hydrogen) atoms. The first-order valence-corrected chi connectivity index (χ1v) is 9.86. The minimum atomic E-state index is 0.652. The Labute approximate surface area is 164 Å². The average molecular weight is 376 g/mol. The zero-order chi connectivity index (χ0) is 19.1. The third kappa shape index (κ3) is 3.30.